The molecule has 0 atom stereocenters. The van der Waals surface area contributed by atoms with Gasteiger partial charge in [-0.1, -0.05) is 76.9 Å². The summed E-state index contributed by atoms with van der Waals surface area (Å²) in [4.78, 5) is 0. The minimum atomic E-state index is 0.862. The zero-order chi connectivity index (χ0) is 14.0. The number of hydrogen-bond acceptors (Lipinski definition) is 1. The van der Waals surface area contributed by atoms with Crippen molar-refractivity contribution in [1.82, 2.24) is 0 Å². The highest BCUT2D eigenvalue weighted by molar-refractivity contribution is 4.81. The molecule has 1 nitrogen and oxygen atoms in total. The first kappa shape index (κ1) is 18.7. The molecule has 0 radical (unpaired) electrons. The Balaban J connectivity index is 3.01. The van der Waals surface area contributed by atoms with E-state index < -0.39 is 0 Å². The highest BCUT2D eigenvalue weighted by Crippen LogP contribution is 2.09. The summed E-state index contributed by atoms with van der Waals surface area (Å²) in [5.41, 5.74) is 5.47. The van der Waals surface area contributed by atoms with Gasteiger partial charge in [0.05, 0.1) is 0 Å². The van der Waals surface area contributed by atoms with Gasteiger partial charge in [-0.15, -0.1) is 0 Å². The second-order valence-electron chi connectivity index (χ2n) is 5.73. The molecule has 2 N–H and O–H groups in total. The number of rotatable bonds is 15. The van der Waals surface area contributed by atoms with Gasteiger partial charge in [-0.05, 0) is 38.6 Å². The third-order valence-electron chi connectivity index (χ3n) is 3.72. The maximum absolute atomic E-state index is 5.47. The highest BCUT2D eigenvalue weighted by atomic mass is 14.5. The van der Waals surface area contributed by atoms with Crippen molar-refractivity contribution in [2.75, 3.05) is 6.54 Å². The van der Waals surface area contributed by atoms with Gasteiger partial charge >= 0.3 is 0 Å². The lowest BCUT2D eigenvalue weighted by molar-refractivity contribution is 0.599. The van der Waals surface area contributed by atoms with Crippen LogP contribution in [-0.2, 0) is 0 Å². The first-order valence-corrected chi connectivity index (χ1v) is 8.77. The predicted molar refractivity (Wildman–Crippen MR) is 88.5 cm³/mol. The van der Waals surface area contributed by atoms with Gasteiger partial charge in [0, 0.05) is 0 Å². The first-order valence-electron chi connectivity index (χ1n) is 8.77. The Labute approximate surface area is 122 Å². The summed E-state index contributed by atoms with van der Waals surface area (Å²) in [7, 11) is 0. The van der Waals surface area contributed by atoms with Gasteiger partial charge in [-0.25, -0.2) is 0 Å². The van der Waals surface area contributed by atoms with Crippen molar-refractivity contribution in [1.29, 1.82) is 0 Å². The molecule has 0 saturated heterocycles. The molecule has 0 saturated carbocycles. The van der Waals surface area contributed by atoms with Crippen LogP contribution >= 0.6 is 0 Å². The topological polar surface area (TPSA) is 26.0 Å². The van der Waals surface area contributed by atoms with Crippen LogP contribution in [0.2, 0.25) is 0 Å². The van der Waals surface area contributed by atoms with Gasteiger partial charge in [0.1, 0.15) is 0 Å². The van der Waals surface area contributed by atoms with Crippen molar-refractivity contribution < 1.29 is 0 Å². The molecule has 0 bridgehead atoms. The fraction of sp³-hybridized carbons (Fsp3) is 0.889. The molecule has 114 valence electrons. The van der Waals surface area contributed by atoms with Crippen LogP contribution in [0.4, 0.5) is 0 Å². The number of unbranched alkanes of at least 4 members (excludes halogenated alkanes) is 12. The zero-order valence-corrected chi connectivity index (χ0v) is 13.3. The minimum Gasteiger partial charge on any atom is -0.330 e. The Morgan fingerprint density at radius 3 is 1.47 bits per heavy atom. The lowest BCUT2D eigenvalue weighted by Gasteiger charge is -1.99. The summed E-state index contributed by atoms with van der Waals surface area (Å²) < 4.78 is 0. The summed E-state index contributed by atoms with van der Waals surface area (Å²) in [5.74, 6) is 0. The van der Waals surface area contributed by atoms with E-state index in [1.807, 2.05) is 0 Å². The molecule has 0 spiro atoms. The Kier molecular flexibility index (Phi) is 17.4. The maximum Gasteiger partial charge on any atom is -0.00773 e. The van der Waals surface area contributed by atoms with E-state index in [4.69, 9.17) is 5.73 Å². The average Bonchev–Trinajstić information content (AvgIpc) is 2.43. The molecule has 0 fully saturated rings. The van der Waals surface area contributed by atoms with E-state index in [-0.39, 0.29) is 0 Å². The number of hydrogen-bond donors (Lipinski definition) is 1. The molecule has 0 aliphatic carbocycles. The molecule has 0 aliphatic heterocycles. The standard InChI is InChI=1S/C18H37N/c1-2-3-4-5-6-7-8-9-10-11-12-13-14-15-16-17-18-19/h9-10H,2-8,11-19H2,1H3. The normalized spacial score (nSPS) is 11.5. The Bertz CT molecular complexity index is 175. The highest BCUT2D eigenvalue weighted by Gasteiger charge is 1.90. The van der Waals surface area contributed by atoms with E-state index in [0.717, 1.165) is 6.54 Å². The quantitative estimate of drug-likeness (QED) is 0.286. The van der Waals surface area contributed by atoms with Crippen molar-refractivity contribution in [2.24, 2.45) is 5.73 Å². The summed E-state index contributed by atoms with van der Waals surface area (Å²) in [6.45, 7) is 3.14. The molecule has 0 aromatic carbocycles. The largest absolute Gasteiger partial charge is 0.330 e. The summed E-state index contributed by atoms with van der Waals surface area (Å²) in [5, 5.41) is 0. The van der Waals surface area contributed by atoms with E-state index in [2.05, 4.69) is 19.1 Å². The van der Waals surface area contributed by atoms with E-state index in [0.29, 0.717) is 0 Å². The van der Waals surface area contributed by atoms with Crippen molar-refractivity contribution in [2.45, 2.75) is 96.8 Å². The van der Waals surface area contributed by atoms with Gasteiger partial charge < -0.3 is 5.73 Å². The van der Waals surface area contributed by atoms with Crippen molar-refractivity contribution in [3.05, 3.63) is 12.2 Å². The summed E-state index contributed by atoms with van der Waals surface area (Å²) in [6.07, 6.45) is 23.9. The molecule has 0 rings (SSSR count). The molecule has 19 heavy (non-hydrogen) atoms. The minimum absolute atomic E-state index is 0.862. The molecule has 0 aromatic rings. The lowest BCUT2D eigenvalue weighted by atomic mass is 10.1. The Hall–Kier alpha value is -0.300. The van der Waals surface area contributed by atoms with Gasteiger partial charge in [0.2, 0.25) is 0 Å². The van der Waals surface area contributed by atoms with Crippen LogP contribution in [0.15, 0.2) is 12.2 Å². The predicted octanol–water partition coefficient (Wildman–Crippen LogP) is 5.98. The fourth-order valence-corrected chi connectivity index (χ4v) is 2.39. The molecule has 0 heterocycles. The Morgan fingerprint density at radius 2 is 1.00 bits per heavy atom. The van der Waals surface area contributed by atoms with Crippen LogP contribution in [0.25, 0.3) is 0 Å². The molecule has 0 unspecified atom stereocenters. The second-order valence-corrected chi connectivity index (χ2v) is 5.73. The monoisotopic (exact) mass is 267 g/mol. The van der Waals surface area contributed by atoms with Crippen LogP contribution in [-0.4, -0.2) is 6.54 Å². The smallest absolute Gasteiger partial charge is 0.00773 e. The third kappa shape index (κ3) is 17.7. The average molecular weight is 268 g/mol. The van der Waals surface area contributed by atoms with E-state index in [1.165, 1.54) is 89.9 Å². The number of nitrogens with two attached hydrogens (primary N) is 1. The van der Waals surface area contributed by atoms with E-state index >= 15 is 0 Å². The van der Waals surface area contributed by atoms with E-state index in [1.54, 1.807) is 0 Å². The summed E-state index contributed by atoms with van der Waals surface area (Å²) >= 11 is 0. The summed E-state index contributed by atoms with van der Waals surface area (Å²) in [6, 6.07) is 0. The van der Waals surface area contributed by atoms with Gasteiger partial charge in [0.15, 0.2) is 0 Å². The zero-order valence-electron chi connectivity index (χ0n) is 13.3. The molecule has 0 amide bonds. The van der Waals surface area contributed by atoms with Crippen LogP contribution in [0.3, 0.4) is 0 Å². The van der Waals surface area contributed by atoms with Gasteiger partial charge in [-0.3, -0.25) is 0 Å². The maximum atomic E-state index is 5.47. The van der Waals surface area contributed by atoms with Gasteiger partial charge in [-0.2, -0.15) is 0 Å². The van der Waals surface area contributed by atoms with Crippen LogP contribution in [0, 0.1) is 0 Å². The fourth-order valence-electron chi connectivity index (χ4n) is 2.39. The lowest BCUT2D eigenvalue weighted by Crippen LogP contribution is -1.97. The SMILES string of the molecule is CCCCCCCCC=CCCCCCCCCN. The first-order chi connectivity index (χ1) is 9.41. The molecule has 0 aromatic heterocycles. The molecule has 1 heteroatoms. The van der Waals surface area contributed by atoms with Crippen molar-refractivity contribution in [3.8, 4) is 0 Å². The molecule has 0 aliphatic rings. The van der Waals surface area contributed by atoms with Crippen LogP contribution in [0.1, 0.15) is 96.8 Å². The van der Waals surface area contributed by atoms with Crippen molar-refractivity contribution >= 4 is 0 Å². The second kappa shape index (κ2) is 17.7. The number of allylic oxidation sites excluding steroid dienone is 2. The van der Waals surface area contributed by atoms with Crippen LogP contribution < -0.4 is 5.73 Å². The molecular formula is C18H37N. The van der Waals surface area contributed by atoms with Crippen LogP contribution in [0.5, 0.6) is 0 Å². The third-order valence-corrected chi connectivity index (χ3v) is 3.72. The molecular weight excluding hydrogens is 230 g/mol. The Morgan fingerprint density at radius 1 is 0.579 bits per heavy atom. The van der Waals surface area contributed by atoms with E-state index in [9.17, 15) is 0 Å². The van der Waals surface area contributed by atoms with Crippen molar-refractivity contribution in [3.63, 3.8) is 0 Å². The van der Waals surface area contributed by atoms with Gasteiger partial charge in [0.25, 0.3) is 0 Å².